The number of nitrogens with two attached hydrogens (primary N) is 1. The molecular formula is C13H24N2O2. The lowest BCUT2D eigenvalue weighted by atomic mass is 9.94. The van der Waals surface area contributed by atoms with E-state index in [1.807, 2.05) is 4.90 Å². The van der Waals surface area contributed by atoms with Gasteiger partial charge in [0.05, 0.1) is 0 Å². The summed E-state index contributed by atoms with van der Waals surface area (Å²) in [6.45, 7) is 3.53. The van der Waals surface area contributed by atoms with Crippen LogP contribution in [0.5, 0.6) is 0 Å². The summed E-state index contributed by atoms with van der Waals surface area (Å²) in [4.78, 5) is 14.0. The Hall–Kier alpha value is -0.770. The van der Waals surface area contributed by atoms with Gasteiger partial charge in [-0.05, 0) is 57.9 Å². The van der Waals surface area contributed by atoms with Crippen LogP contribution in [0.2, 0.25) is 0 Å². The first kappa shape index (κ1) is 12.7. The standard InChI is InChI=1S/C13H24N2O2/c1-10-6-7-11(8-14)9-15(10)13(16)17-12-4-2-3-5-12/h10-12H,2-9,14H2,1H3. The molecular weight excluding hydrogens is 216 g/mol. The summed E-state index contributed by atoms with van der Waals surface area (Å²) in [7, 11) is 0. The summed E-state index contributed by atoms with van der Waals surface area (Å²) >= 11 is 0. The molecule has 0 aromatic carbocycles. The van der Waals surface area contributed by atoms with Gasteiger partial charge in [0.2, 0.25) is 0 Å². The summed E-state index contributed by atoms with van der Waals surface area (Å²) in [5.74, 6) is 0.447. The Morgan fingerprint density at radius 1 is 1.29 bits per heavy atom. The second kappa shape index (κ2) is 5.71. The largest absolute Gasteiger partial charge is 0.446 e. The van der Waals surface area contributed by atoms with Crippen molar-refractivity contribution in [2.75, 3.05) is 13.1 Å². The van der Waals surface area contributed by atoms with E-state index in [9.17, 15) is 4.79 Å². The average molecular weight is 240 g/mol. The van der Waals surface area contributed by atoms with Gasteiger partial charge in [0.1, 0.15) is 6.10 Å². The number of ether oxygens (including phenoxy) is 1. The van der Waals surface area contributed by atoms with Crippen molar-refractivity contribution in [3.63, 3.8) is 0 Å². The molecule has 2 fully saturated rings. The number of carbonyl (C=O) groups excluding carboxylic acids is 1. The molecule has 1 saturated carbocycles. The quantitative estimate of drug-likeness (QED) is 0.804. The molecule has 1 aliphatic carbocycles. The van der Waals surface area contributed by atoms with Gasteiger partial charge in [0.25, 0.3) is 0 Å². The molecule has 4 nitrogen and oxygen atoms in total. The zero-order valence-corrected chi connectivity index (χ0v) is 10.7. The normalized spacial score (nSPS) is 30.6. The van der Waals surface area contributed by atoms with Crippen LogP contribution in [0.4, 0.5) is 4.79 Å². The smallest absolute Gasteiger partial charge is 0.410 e. The van der Waals surface area contributed by atoms with Crippen molar-refractivity contribution in [1.82, 2.24) is 4.90 Å². The second-order valence-corrected chi connectivity index (χ2v) is 5.47. The Morgan fingerprint density at radius 2 is 2.00 bits per heavy atom. The maximum atomic E-state index is 12.1. The van der Waals surface area contributed by atoms with Gasteiger partial charge in [-0.1, -0.05) is 0 Å². The van der Waals surface area contributed by atoms with E-state index in [0.717, 1.165) is 32.2 Å². The van der Waals surface area contributed by atoms with Crippen LogP contribution in [-0.2, 0) is 4.74 Å². The number of amides is 1. The van der Waals surface area contributed by atoms with Crippen LogP contribution in [-0.4, -0.2) is 36.2 Å². The molecule has 0 spiro atoms. The van der Waals surface area contributed by atoms with Gasteiger partial charge in [-0.15, -0.1) is 0 Å². The van der Waals surface area contributed by atoms with Gasteiger partial charge in [-0.25, -0.2) is 4.79 Å². The van der Waals surface area contributed by atoms with Gasteiger partial charge in [-0.3, -0.25) is 0 Å². The Labute approximate surface area is 103 Å². The zero-order chi connectivity index (χ0) is 12.3. The van der Waals surface area contributed by atoms with Crippen LogP contribution in [0.1, 0.15) is 45.4 Å². The fraction of sp³-hybridized carbons (Fsp3) is 0.923. The third-order valence-corrected chi connectivity index (χ3v) is 4.12. The Bertz CT molecular complexity index is 264. The number of hydrogen-bond acceptors (Lipinski definition) is 3. The minimum absolute atomic E-state index is 0.123. The fourth-order valence-electron chi connectivity index (χ4n) is 2.85. The van der Waals surface area contributed by atoms with E-state index in [0.29, 0.717) is 18.5 Å². The van der Waals surface area contributed by atoms with Crippen LogP contribution >= 0.6 is 0 Å². The Kier molecular flexibility index (Phi) is 4.26. The van der Waals surface area contributed by atoms with E-state index in [1.54, 1.807) is 0 Å². The van der Waals surface area contributed by atoms with Gasteiger partial charge < -0.3 is 15.4 Å². The van der Waals surface area contributed by atoms with E-state index >= 15 is 0 Å². The molecule has 1 heterocycles. The first-order valence-corrected chi connectivity index (χ1v) is 6.88. The molecule has 2 aliphatic rings. The van der Waals surface area contributed by atoms with Crippen LogP contribution in [0.3, 0.4) is 0 Å². The third kappa shape index (κ3) is 3.12. The molecule has 98 valence electrons. The lowest BCUT2D eigenvalue weighted by molar-refractivity contribution is 0.0379. The molecule has 1 amide bonds. The number of piperidine rings is 1. The van der Waals surface area contributed by atoms with Crippen molar-refractivity contribution in [3.8, 4) is 0 Å². The lowest BCUT2D eigenvalue weighted by Gasteiger charge is -2.37. The predicted octanol–water partition coefficient (Wildman–Crippen LogP) is 2.12. The highest BCUT2D eigenvalue weighted by molar-refractivity contribution is 5.68. The topological polar surface area (TPSA) is 55.6 Å². The second-order valence-electron chi connectivity index (χ2n) is 5.47. The van der Waals surface area contributed by atoms with Crippen molar-refractivity contribution in [2.45, 2.75) is 57.6 Å². The maximum Gasteiger partial charge on any atom is 0.410 e. The van der Waals surface area contributed by atoms with Crippen molar-refractivity contribution >= 4 is 6.09 Å². The minimum atomic E-state index is -0.123. The fourth-order valence-corrected chi connectivity index (χ4v) is 2.85. The molecule has 2 atom stereocenters. The molecule has 0 aromatic rings. The van der Waals surface area contributed by atoms with Crippen molar-refractivity contribution in [1.29, 1.82) is 0 Å². The summed E-state index contributed by atoms with van der Waals surface area (Å²) in [6.07, 6.45) is 6.67. The van der Waals surface area contributed by atoms with E-state index < -0.39 is 0 Å². The zero-order valence-electron chi connectivity index (χ0n) is 10.7. The van der Waals surface area contributed by atoms with Crippen molar-refractivity contribution in [3.05, 3.63) is 0 Å². The molecule has 17 heavy (non-hydrogen) atoms. The number of nitrogens with zero attached hydrogens (tertiary/aromatic N) is 1. The Balaban J connectivity index is 1.87. The van der Waals surface area contributed by atoms with Gasteiger partial charge in [0, 0.05) is 12.6 Å². The lowest BCUT2D eigenvalue weighted by Crippen LogP contribution is -2.48. The highest BCUT2D eigenvalue weighted by atomic mass is 16.6. The van der Waals surface area contributed by atoms with E-state index in [-0.39, 0.29) is 12.2 Å². The van der Waals surface area contributed by atoms with Gasteiger partial charge in [0.15, 0.2) is 0 Å². The molecule has 0 bridgehead atoms. The van der Waals surface area contributed by atoms with Gasteiger partial charge in [-0.2, -0.15) is 0 Å². The first-order valence-electron chi connectivity index (χ1n) is 6.88. The molecule has 2 unspecified atom stereocenters. The molecule has 1 saturated heterocycles. The van der Waals surface area contributed by atoms with Crippen LogP contribution < -0.4 is 5.73 Å². The SMILES string of the molecule is CC1CCC(CN)CN1C(=O)OC1CCCC1. The summed E-state index contributed by atoms with van der Waals surface area (Å²) in [6, 6.07) is 0.298. The van der Waals surface area contributed by atoms with Crippen molar-refractivity contribution in [2.24, 2.45) is 11.7 Å². The average Bonchev–Trinajstić information content (AvgIpc) is 2.82. The third-order valence-electron chi connectivity index (χ3n) is 4.12. The van der Waals surface area contributed by atoms with Crippen molar-refractivity contribution < 1.29 is 9.53 Å². The van der Waals surface area contributed by atoms with Gasteiger partial charge >= 0.3 is 6.09 Å². The molecule has 2 rings (SSSR count). The first-order chi connectivity index (χ1) is 8.20. The van der Waals surface area contributed by atoms with E-state index in [4.69, 9.17) is 10.5 Å². The number of likely N-dealkylation sites (tertiary alicyclic amines) is 1. The molecule has 0 aromatic heterocycles. The molecule has 4 heteroatoms. The molecule has 2 N–H and O–H groups in total. The van der Waals surface area contributed by atoms with Crippen LogP contribution in [0.25, 0.3) is 0 Å². The summed E-state index contributed by atoms with van der Waals surface area (Å²) in [5, 5.41) is 0. The predicted molar refractivity (Wildman–Crippen MR) is 66.7 cm³/mol. The highest BCUT2D eigenvalue weighted by Gasteiger charge is 2.31. The maximum absolute atomic E-state index is 12.1. The summed E-state index contributed by atoms with van der Waals surface area (Å²) < 4.78 is 5.56. The van der Waals surface area contributed by atoms with Crippen LogP contribution in [0.15, 0.2) is 0 Å². The molecule has 1 aliphatic heterocycles. The number of rotatable bonds is 2. The van der Waals surface area contributed by atoms with E-state index in [1.165, 1.54) is 12.8 Å². The number of carbonyl (C=O) groups is 1. The minimum Gasteiger partial charge on any atom is -0.446 e. The monoisotopic (exact) mass is 240 g/mol. The highest BCUT2D eigenvalue weighted by Crippen LogP contribution is 2.25. The van der Waals surface area contributed by atoms with Crippen LogP contribution in [0, 0.1) is 5.92 Å². The molecule has 0 radical (unpaired) electrons. The Morgan fingerprint density at radius 3 is 2.65 bits per heavy atom. The number of hydrogen-bond donors (Lipinski definition) is 1. The summed E-state index contributed by atoms with van der Waals surface area (Å²) in [5.41, 5.74) is 5.70. The van der Waals surface area contributed by atoms with E-state index in [2.05, 4.69) is 6.92 Å².